The van der Waals surface area contributed by atoms with E-state index in [1.54, 1.807) is 0 Å². The van der Waals surface area contributed by atoms with Gasteiger partial charge in [-0.2, -0.15) is 5.10 Å². The highest BCUT2D eigenvalue weighted by Gasteiger charge is 2.23. The lowest BCUT2D eigenvalue weighted by atomic mass is 9.88. The van der Waals surface area contributed by atoms with Gasteiger partial charge >= 0.3 is 0 Å². The van der Waals surface area contributed by atoms with Crippen molar-refractivity contribution in [3.05, 3.63) is 41.6 Å². The molecule has 2 nitrogen and oxygen atoms in total. The molecule has 0 amide bonds. The van der Waals surface area contributed by atoms with Crippen LogP contribution < -0.4 is 0 Å². The molecule has 0 aliphatic rings. The van der Waals surface area contributed by atoms with Gasteiger partial charge in [0.2, 0.25) is 0 Å². The van der Waals surface area contributed by atoms with Gasteiger partial charge in [-0.1, -0.05) is 51.1 Å². The third kappa shape index (κ3) is 2.12. The van der Waals surface area contributed by atoms with Crippen molar-refractivity contribution in [1.29, 1.82) is 0 Å². The largest absolute Gasteiger partial charge is 0.271 e. The highest BCUT2D eigenvalue weighted by atomic mass is 15.3. The Morgan fingerprint density at radius 1 is 1.06 bits per heavy atom. The molecule has 0 atom stereocenters. The number of nitrogens with zero attached hydrogens (tertiary/aromatic N) is 2. The van der Waals surface area contributed by atoms with Crippen LogP contribution >= 0.6 is 0 Å². The quantitative estimate of drug-likeness (QED) is 0.728. The minimum atomic E-state index is 0.124. The summed E-state index contributed by atoms with van der Waals surface area (Å²) in [6, 6.07) is 10.4. The van der Waals surface area contributed by atoms with E-state index < -0.39 is 0 Å². The Balaban J connectivity index is 2.60. The van der Waals surface area contributed by atoms with Crippen LogP contribution in [0.2, 0.25) is 0 Å². The maximum absolute atomic E-state index is 4.66. The van der Waals surface area contributed by atoms with Gasteiger partial charge in [-0.05, 0) is 12.5 Å². The molecule has 0 bridgehead atoms. The van der Waals surface area contributed by atoms with Gasteiger partial charge in [-0.25, -0.2) is 0 Å². The van der Waals surface area contributed by atoms with E-state index in [1.807, 2.05) is 17.8 Å². The predicted octanol–water partition coefficient (Wildman–Crippen LogP) is 3.69. The number of aromatic nitrogens is 2. The smallest absolute Gasteiger partial charge is 0.0955 e. The molecule has 1 heterocycles. The van der Waals surface area contributed by atoms with Gasteiger partial charge in [0.1, 0.15) is 0 Å². The Hall–Kier alpha value is -1.57. The van der Waals surface area contributed by atoms with Gasteiger partial charge in [0.15, 0.2) is 0 Å². The van der Waals surface area contributed by atoms with E-state index >= 15 is 0 Å². The summed E-state index contributed by atoms with van der Waals surface area (Å²) < 4.78 is 2.01. The van der Waals surface area contributed by atoms with Crippen molar-refractivity contribution >= 4 is 0 Å². The molecule has 0 fully saturated rings. The summed E-state index contributed by atoms with van der Waals surface area (Å²) in [5.74, 6) is 0. The topological polar surface area (TPSA) is 17.8 Å². The molecule has 0 radical (unpaired) electrons. The Morgan fingerprint density at radius 3 is 2.12 bits per heavy atom. The van der Waals surface area contributed by atoms with E-state index in [9.17, 15) is 0 Å². The summed E-state index contributed by atoms with van der Waals surface area (Å²) in [5, 5.41) is 4.66. The molecule has 0 unspecified atom stereocenters. The van der Waals surface area contributed by atoms with Gasteiger partial charge in [-0.3, -0.25) is 4.68 Å². The molecule has 0 N–H and O–H groups in total. The molecule has 0 aliphatic carbocycles. The van der Waals surface area contributed by atoms with Crippen molar-refractivity contribution in [2.45, 2.75) is 33.1 Å². The normalized spacial score (nSPS) is 11.8. The first-order valence-electron chi connectivity index (χ1n) is 6.01. The first kappa shape index (κ1) is 11.9. The Bertz CT molecular complexity index is 516. The Morgan fingerprint density at radius 2 is 1.65 bits per heavy atom. The van der Waals surface area contributed by atoms with Crippen LogP contribution in [-0.4, -0.2) is 9.78 Å². The Labute approximate surface area is 103 Å². The average molecular weight is 228 g/mol. The highest BCUT2D eigenvalue weighted by molar-refractivity contribution is 5.64. The minimum absolute atomic E-state index is 0.124. The van der Waals surface area contributed by atoms with Gasteiger partial charge < -0.3 is 0 Å². The second-order valence-electron chi connectivity index (χ2n) is 5.56. The molecule has 1 aromatic heterocycles. The molecule has 0 saturated heterocycles. The first-order chi connectivity index (χ1) is 7.91. The Kier molecular flexibility index (Phi) is 2.82. The zero-order valence-electron chi connectivity index (χ0n) is 11.3. The summed E-state index contributed by atoms with van der Waals surface area (Å²) in [7, 11) is 2.03. The molecule has 90 valence electrons. The molecule has 0 spiro atoms. The maximum atomic E-state index is 4.66. The van der Waals surface area contributed by atoms with Gasteiger partial charge in [-0.15, -0.1) is 0 Å². The molecule has 2 heteroatoms. The van der Waals surface area contributed by atoms with Crippen LogP contribution in [0.15, 0.2) is 30.3 Å². The van der Waals surface area contributed by atoms with E-state index in [4.69, 9.17) is 0 Å². The zero-order chi connectivity index (χ0) is 12.6. The number of aryl methyl sites for hydroxylation is 1. The third-order valence-corrected chi connectivity index (χ3v) is 3.04. The minimum Gasteiger partial charge on any atom is -0.271 e. The predicted molar refractivity (Wildman–Crippen MR) is 72.1 cm³/mol. The van der Waals surface area contributed by atoms with E-state index in [2.05, 4.69) is 57.1 Å². The number of benzene rings is 1. The summed E-state index contributed by atoms with van der Waals surface area (Å²) in [4.78, 5) is 0. The fraction of sp³-hybridized carbons (Fsp3) is 0.400. The molecule has 17 heavy (non-hydrogen) atoms. The van der Waals surface area contributed by atoms with Gasteiger partial charge in [0.25, 0.3) is 0 Å². The van der Waals surface area contributed by atoms with Crippen molar-refractivity contribution in [1.82, 2.24) is 9.78 Å². The molecule has 2 aromatic rings. The first-order valence-corrected chi connectivity index (χ1v) is 6.01. The lowest BCUT2D eigenvalue weighted by molar-refractivity contribution is 0.520. The number of rotatable bonds is 1. The van der Waals surface area contributed by atoms with Crippen molar-refractivity contribution in [3.63, 3.8) is 0 Å². The zero-order valence-corrected chi connectivity index (χ0v) is 11.3. The molecular weight excluding hydrogens is 208 g/mol. The number of hydrogen-bond acceptors (Lipinski definition) is 1. The lowest BCUT2D eigenvalue weighted by Crippen LogP contribution is -2.17. The van der Waals surface area contributed by atoms with Gasteiger partial charge in [0, 0.05) is 23.7 Å². The molecule has 0 saturated carbocycles. The van der Waals surface area contributed by atoms with Crippen LogP contribution in [0, 0.1) is 6.92 Å². The summed E-state index contributed by atoms with van der Waals surface area (Å²) in [5.41, 5.74) is 5.00. The van der Waals surface area contributed by atoms with E-state index in [0.717, 1.165) is 5.69 Å². The highest BCUT2D eigenvalue weighted by Crippen LogP contribution is 2.31. The fourth-order valence-electron chi connectivity index (χ4n) is 2.55. The van der Waals surface area contributed by atoms with Crippen molar-refractivity contribution in [2.75, 3.05) is 0 Å². The maximum Gasteiger partial charge on any atom is 0.0955 e. The molecular formula is C15H20N2. The second kappa shape index (κ2) is 4.02. The van der Waals surface area contributed by atoms with Crippen molar-refractivity contribution in [3.8, 4) is 11.3 Å². The van der Waals surface area contributed by atoms with Crippen LogP contribution in [0.1, 0.15) is 32.0 Å². The second-order valence-corrected chi connectivity index (χ2v) is 5.56. The average Bonchev–Trinajstić information content (AvgIpc) is 2.54. The summed E-state index contributed by atoms with van der Waals surface area (Å²) >= 11 is 0. The van der Waals surface area contributed by atoms with Crippen LogP contribution in [0.3, 0.4) is 0 Å². The van der Waals surface area contributed by atoms with Crippen LogP contribution in [0.4, 0.5) is 0 Å². The van der Waals surface area contributed by atoms with E-state index in [-0.39, 0.29) is 5.41 Å². The van der Waals surface area contributed by atoms with Gasteiger partial charge in [0.05, 0.1) is 5.69 Å². The third-order valence-electron chi connectivity index (χ3n) is 3.04. The molecule has 1 aromatic carbocycles. The van der Waals surface area contributed by atoms with Crippen molar-refractivity contribution < 1.29 is 0 Å². The fourth-order valence-corrected chi connectivity index (χ4v) is 2.55. The SMILES string of the molecule is Cc1c(-c2ccccc2)nn(C)c1C(C)(C)C. The van der Waals surface area contributed by atoms with Crippen LogP contribution in [-0.2, 0) is 12.5 Å². The summed E-state index contributed by atoms with van der Waals surface area (Å²) in [6.07, 6.45) is 0. The van der Waals surface area contributed by atoms with Crippen LogP contribution in [0.25, 0.3) is 11.3 Å². The molecule has 0 aliphatic heterocycles. The van der Waals surface area contributed by atoms with E-state index in [0.29, 0.717) is 0 Å². The van der Waals surface area contributed by atoms with Crippen molar-refractivity contribution in [2.24, 2.45) is 7.05 Å². The monoisotopic (exact) mass is 228 g/mol. The molecule has 2 rings (SSSR count). The standard InChI is InChI=1S/C15H20N2/c1-11-13(12-9-7-6-8-10-12)16-17(5)14(11)15(2,3)4/h6-10H,1-5H3. The summed E-state index contributed by atoms with van der Waals surface area (Å²) in [6.45, 7) is 8.85. The van der Waals surface area contributed by atoms with Crippen LogP contribution in [0.5, 0.6) is 0 Å². The van der Waals surface area contributed by atoms with E-state index in [1.165, 1.54) is 16.8 Å². The lowest BCUT2D eigenvalue weighted by Gasteiger charge is -2.20. The number of hydrogen-bond donors (Lipinski definition) is 0.